The minimum absolute atomic E-state index is 0.348. The van der Waals surface area contributed by atoms with Crippen molar-refractivity contribution < 1.29 is 0 Å². The van der Waals surface area contributed by atoms with Gasteiger partial charge >= 0.3 is 0 Å². The highest BCUT2D eigenvalue weighted by atomic mass is 79.9. The van der Waals surface area contributed by atoms with E-state index in [4.69, 9.17) is 0 Å². The molecular weight excluding hydrogens is 326 g/mol. The van der Waals surface area contributed by atoms with E-state index in [0.29, 0.717) is 12.1 Å². The van der Waals surface area contributed by atoms with Crippen molar-refractivity contribution in [1.29, 1.82) is 0 Å². The molecule has 2 aromatic rings. The number of nitrogens with one attached hydrogen (secondary N) is 1. The molecule has 0 bridgehead atoms. The maximum Gasteiger partial charge on any atom is 0.0540 e. The first kappa shape index (κ1) is 14.8. The molecule has 0 fully saturated rings. The van der Waals surface area contributed by atoms with E-state index in [1.54, 1.807) is 0 Å². The van der Waals surface area contributed by atoms with Gasteiger partial charge in [0, 0.05) is 34.9 Å². The minimum Gasteiger partial charge on any atom is -0.307 e. The van der Waals surface area contributed by atoms with Crippen molar-refractivity contribution in [2.75, 3.05) is 0 Å². The average Bonchev–Trinajstić information content (AvgIpc) is 2.79. The van der Waals surface area contributed by atoms with Crippen molar-refractivity contribution in [2.24, 2.45) is 7.05 Å². The third-order valence-electron chi connectivity index (χ3n) is 4.62. The van der Waals surface area contributed by atoms with Gasteiger partial charge in [-0.2, -0.15) is 5.10 Å². The second-order valence-electron chi connectivity index (χ2n) is 6.05. The van der Waals surface area contributed by atoms with Crippen LogP contribution in [-0.2, 0) is 19.9 Å². The predicted molar refractivity (Wildman–Crippen MR) is 89.5 cm³/mol. The van der Waals surface area contributed by atoms with Crippen LogP contribution in [-0.4, -0.2) is 15.8 Å². The van der Waals surface area contributed by atoms with Gasteiger partial charge in [0.2, 0.25) is 0 Å². The van der Waals surface area contributed by atoms with Crippen molar-refractivity contribution in [3.8, 4) is 0 Å². The summed E-state index contributed by atoms with van der Waals surface area (Å²) in [5, 5.41) is 8.13. The van der Waals surface area contributed by atoms with Crippen molar-refractivity contribution >= 4 is 15.9 Å². The maximum absolute atomic E-state index is 4.35. The topological polar surface area (TPSA) is 29.9 Å². The van der Waals surface area contributed by atoms with Gasteiger partial charge in [0.25, 0.3) is 0 Å². The number of hydrogen-bond acceptors (Lipinski definition) is 2. The standard InChI is InChI=1S/C17H22BrN3/c1-11(17-10-19-21(3)12(17)2)20-16-7-5-13-8-15(18)6-4-14(13)9-16/h4,6,8,10-11,16,20H,5,7,9H2,1-3H3. The summed E-state index contributed by atoms with van der Waals surface area (Å²) >= 11 is 3.56. The number of hydrogen-bond donors (Lipinski definition) is 1. The number of halogens is 1. The number of benzene rings is 1. The Labute approximate surface area is 134 Å². The van der Waals surface area contributed by atoms with Crippen LogP contribution in [0.4, 0.5) is 0 Å². The summed E-state index contributed by atoms with van der Waals surface area (Å²) < 4.78 is 3.13. The van der Waals surface area contributed by atoms with Gasteiger partial charge < -0.3 is 5.32 Å². The summed E-state index contributed by atoms with van der Waals surface area (Å²) in [5.74, 6) is 0. The Morgan fingerprint density at radius 1 is 1.38 bits per heavy atom. The van der Waals surface area contributed by atoms with Crippen LogP contribution in [0.5, 0.6) is 0 Å². The summed E-state index contributed by atoms with van der Waals surface area (Å²) in [7, 11) is 2.00. The van der Waals surface area contributed by atoms with Gasteiger partial charge in [0.15, 0.2) is 0 Å². The molecule has 0 saturated carbocycles. The van der Waals surface area contributed by atoms with E-state index < -0.39 is 0 Å². The van der Waals surface area contributed by atoms with Gasteiger partial charge in [0.05, 0.1) is 6.20 Å². The molecule has 0 radical (unpaired) electrons. The molecule has 1 aromatic heterocycles. The fraction of sp³-hybridized carbons (Fsp3) is 0.471. The van der Waals surface area contributed by atoms with Gasteiger partial charge in [-0.15, -0.1) is 0 Å². The quantitative estimate of drug-likeness (QED) is 0.917. The summed E-state index contributed by atoms with van der Waals surface area (Å²) in [5.41, 5.74) is 5.53. The predicted octanol–water partition coefficient (Wildman–Crippen LogP) is 3.70. The zero-order valence-corrected chi connectivity index (χ0v) is 14.4. The molecule has 2 atom stereocenters. The van der Waals surface area contributed by atoms with Gasteiger partial charge in [-0.25, -0.2) is 0 Å². The van der Waals surface area contributed by atoms with Crippen molar-refractivity contribution in [1.82, 2.24) is 15.1 Å². The van der Waals surface area contributed by atoms with Crippen molar-refractivity contribution in [3.05, 3.63) is 51.3 Å². The maximum atomic E-state index is 4.35. The Hall–Kier alpha value is -1.13. The van der Waals surface area contributed by atoms with Crippen LogP contribution in [0.1, 0.15) is 41.8 Å². The lowest BCUT2D eigenvalue weighted by molar-refractivity contribution is 0.412. The molecule has 3 nitrogen and oxygen atoms in total. The van der Waals surface area contributed by atoms with Crippen molar-refractivity contribution in [2.45, 2.75) is 45.2 Å². The highest BCUT2D eigenvalue weighted by Crippen LogP contribution is 2.26. The van der Waals surface area contributed by atoms with Crippen LogP contribution in [0, 0.1) is 6.92 Å². The lowest BCUT2D eigenvalue weighted by Gasteiger charge is -2.28. The summed E-state index contributed by atoms with van der Waals surface area (Å²) in [6, 6.07) is 7.57. The molecule has 112 valence electrons. The second-order valence-corrected chi connectivity index (χ2v) is 6.97. The van der Waals surface area contributed by atoms with Crippen LogP contribution in [0.3, 0.4) is 0 Å². The molecule has 1 aliphatic carbocycles. The van der Waals surface area contributed by atoms with E-state index >= 15 is 0 Å². The van der Waals surface area contributed by atoms with E-state index in [1.807, 2.05) is 17.9 Å². The van der Waals surface area contributed by atoms with E-state index in [9.17, 15) is 0 Å². The normalized spacial score (nSPS) is 19.3. The molecule has 3 rings (SSSR count). The molecule has 1 aromatic carbocycles. The van der Waals surface area contributed by atoms with Crippen LogP contribution in [0.15, 0.2) is 28.9 Å². The van der Waals surface area contributed by atoms with Crippen molar-refractivity contribution in [3.63, 3.8) is 0 Å². The molecule has 4 heteroatoms. The molecule has 0 saturated heterocycles. The number of nitrogens with zero attached hydrogens (tertiary/aromatic N) is 2. The zero-order valence-electron chi connectivity index (χ0n) is 12.9. The Morgan fingerprint density at radius 3 is 2.90 bits per heavy atom. The third-order valence-corrected chi connectivity index (χ3v) is 5.12. The molecular formula is C17H22BrN3. The highest BCUT2D eigenvalue weighted by molar-refractivity contribution is 9.10. The molecule has 2 unspecified atom stereocenters. The zero-order chi connectivity index (χ0) is 15.0. The Balaban J connectivity index is 1.69. The Morgan fingerprint density at radius 2 is 2.19 bits per heavy atom. The Bertz CT molecular complexity index is 647. The van der Waals surface area contributed by atoms with Crippen LogP contribution in [0.2, 0.25) is 0 Å². The molecule has 1 aliphatic rings. The molecule has 0 spiro atoms. The van der Waals surface area contributed by atoms with E-state index in [2.05, 4.69) is 58.4 Å². The lowest BCUT2D eigenvalue weighted by atomic mass is 9.88. The minimum atomic E-state index is 0.348. The smallest absolute Gasteiger partial charge is 0.0540 e. The summed E-state index contributed by atoms with van der Waals surface area (Å²) in [6.07, 6.45) is 5.46. The molecule has 21 heavy (non-hydrogen) atoms. The van der Waals surface area contributed by atoms with Gasteiger partial charge in [0.1, 0.15) is 0 Å². The first-order valence-electron chi connectivity index (χ1n) is 7.56. The van der Waals surface area contributed by atoms with E-state index in [1.165, 1.54) is 33.3 Å². The van der Waals surface area contributed by atoms with Gasteiger partial charge in [-0.3, -0.25) is 4.68 Å². The largest absolute Gasteiger partial charge is 0.307 e. The fourth-order valence-electron chi connectivity index (χ4n) is 3.25. The number of aryl methyl sites for hydroxylation is 2. The molecule has 0 aliphatic heterocycles. The first-order valence-corrected chi connectivity index (χ1v) is 8.35. The highest BCUT2D eigenvalue weighted by Gasteiger charge is 2.21. The molecule has 1 N–H and O–H groups in total. The third kappa shape index (κ3) is 3.06. The van der Waals surface area contributed by atoms with E-state index in [-0.39, 0.29) is 0 Å². The monoisotopic (exact) mass is 347 g/mol. The molecule has 1 heterocycles. The average molecular weight is 348 g/mol. The van der Waals surface area contributed by atoms with E-state index in [0.717, 1.165) is 12.8 Å². The number of aromatic nitrogens is 2. The van der Waals surface area contributed by atoms with Gasteiger partial charge in [-0.05, 0) is 56.4 Å². The first-order chi connectivity index (χ1) is 10.0. The fourth-order valence-corrected chi connectivity index (χ4v) is 3.66. The van der Waals surface area contributed by atoms with Crippen LogP contribution in [0.25, 0.3) is 0 Å². The summed E-state index contributed by atoms with van der Waals surface area (Å²) in [6.45, 7) is 4.37. The SMILES string of the molecule is Cc1c(C(C)NC2CCc3cc(Br)ccc3C2)cnn1C. The molecule has 0 amide bonds. The lowest BCUT2D eigenvalue weighted by Crippen LogP contribution is -2.36. The van der Waals surface area contributed by atoms with Crippen LogP contribution < -0.4 is 5.32 Å². The summed E-state index contributed by atoms with van der Waals surface area (Å²) in [4.78, 5) is 0. The van der Waals surface area contributed by atoms with Crippen LogP contribution >= 0.6 is 15.9 Å². The van der Waals surface area contributed by atoms with Gasteiger partial charge in [-0.1, -0.05) is 22.0 Å². The number of fused-ring (bicyclic) bond motifs is 1. The number of rotatable bonds is 3. The Kier molecular flexibility index (Phi) is 4.18. The second kappa shape index (κ2) is 5.93.